The van der Waals surface area contributed by atoms with Crippen molar-refractivity contribution in [3.05, 3.63) is 36.2 Å². The van der Waals surface area contributed by atoms with Crippen LogP contribution in [0.25, 0.3) is 17.1 Å². The minimum absolute atomic E-state index is 0.0242. The highest BCUT2D eigenvalue weighted by Crippen LogP contribution is 2.11. The standard InChI is InChI=1S/C12H13N3O/c1-9(16)13-5-2-3-10-7-11-4-6-14-12(11)15-8-10/h2-4,6-8H,5H2,1H3,(H,13,16)(H,14,15). The summed E-state index contributed by atoms with van der Waals surface area (Å²) in [6.45, 7) is 2.04. The molecule has 0 aliphatic heterocycles. The second-order valence-electron chi connectivity index (χ2n) is 3.52. The van der Waals surface area contributed by atoms with E-state index < -0.39 is 0 Å². The van der Waals surface area contributed by atoms with Crippen LogP contribution in [0.3, 0.4) is 0 Å². The highest BCUT2D eigenvalue weighted by molar-refractivity contribution is 5.78. The molecule has 0 saturated carbocycles. The third kappa shape index (κ3) is 2.48. The van der Waals surface area contributed by atoms with E-state index in [-0.39, 0.29) is 5.91 Å². The molecule has 2 aromatic rings. The lowest BCUT2D eigenvalue weighted by Gasteiger charge is -1.96. The first kappa shape index (κ1) is 10.4. The number of nitrogens with zero attached hydrogens (tertiary/aromatic N) is 1. The van der Waals surface area contributed by atoms with E-state index in [1.54, 1.807) is 6.20 Å². The predicted octanol–water partition coefficient (Wildman–Crippen LogP) is 1.71. The Bertz CT molecular complexity index is 528. The summed E-state index contributed by atoms with van der Waals surface area (Å²) in [7, 11) is 0. The Morgan fingerprint density at radius 3 is 3.31 bits per heavy atom. The summed E-state index contributed by atoms with van der Waals surface area (Å²) >= 11 is 0. The molecule has 2 N–H and O–H groups in total. The number of hydrogen-bond acceptors (Lipinski definition) is 2. The van der Waals surface area contributed by atoms with Crippen molar-refractivity contribution in [2.24, 2.45) is 0 Å². The monoisotopic (exact) mass is 215 g/mol. The van der Waals surface area contributed by atoms with Crippen molar-refractivity contribution in [2.75, 3.05) is 6.54 Å². The Kier molecular flexibility index (Phi) is 3.00. The zero-order valence-electron chi connectivity index (χ0n) is 9.03. The van der Waals surface area contributed by atoms with E-state index in [9.17, 15) is 4.79 Å². The molecule has 0 spiro atoms. The van der Waals surface area contributed by atoms with E-state index in [0.717, 1.165) is 16.6 Å². The first-order chi connectivity index (χ1) is 7.75. The molecule has 0 unspecified atom stereocenters. The molecule has 0 aliphatic rings. The van der Waals surface area contributed by atoms with Gasteiger partial charge in [0.15, 0.2) is 0 Å². The lowest BCUT2D eigenvalue weighted by Crippen LogP contribution is -2.19. The van der Waals surface area contributed by atoms with E-state index in [4.69, 9.17) is 0 Å². The summed E-state index contributed by atoms with van der Waals surface area (Å²) in [5.41, 5.74) is 1.91. The summed E-state index contributed by atoms with van der Waals surface area (Å²) in [6.07, 6.45) is 7.50. The van der Waals surface area contributed by atoms with Gasteiger partial charge in [-0.3, -0.25) is 4.79 Å². The molecule has 0 fully saturated rings. The summed E-state index contributed by atoms with van der Waals surface area (Å²) in [6, 6.07) is 4.02. The molecule has 2 heterocycles. The van der Waals surface area contributed by atoms with Gasteiger partial charge >= 0.3 is 0 Å². The largest absolute Gasteiger partial charge is 0.353 e. The Hall–Kier alpha value is -2.10. The molecule has 4 nitrogen and oxygen atoms in total. The Labute approximate surface area is 93.4 Å². The fourth-order valence-corrected chi connectivity index (χ4v) is 1.45. The van der Waals surface area contributed by atoms with E-state index in [0.29, 0.717) is 6.54 Å². The fourth-order valence-electron chi connectivity index (χ4n) is 1.45. The number of amides is 1. The lowest BCUT2D eigenvalue weighted by molar-refractivity contribution is -0.118. The van der Waals surface area contributed by atoms with Gasteiger partial charge in [-0.1, -0.05) is 12.2 Å². The van der Waals surface area contributed by atoms with Crippen molar-refractivity contribution in [3.8, 4) is 0 Å². The van der Waals surface area contributed by atoms with Crippen molar-refractivity contribution in [1.82, 2.24) is 15.3 Å². The van der Waals surface area contributed by atoms with Crippen molar-refractivity contribution in [3.63, 3.8) is 0 Å². The molecular formula is C12H13N3O. The fraction of sp³-hybridized carbons (Fsp3) is 0.167. The Balaban J connectivity index is 2.06. The van der Waals surface area contributed by atoms with Crippen LogP contribution in [0.5, 0.6) is 0 Å². The minimum Gasteiger partial charge on any atom is -0.353 e. The maximum absolute atomic E-state index is 10.6. The van der Waals surface area contributed by atoms with E-state index in [1.807, 2.05) is 30.5 Å². The van der Waals surface area contributed by atoms with E-state index >= 15 is 0 Å². The predicted molar refractivity (Wildman–Crippen MR) is 63.8 cm³/mol. The molecule has 16 heavy (non-hydrogen) atoms. The van der Waals surface area contributed by atoms with Crippen molar-refractivity contribution in [2.45, 2.75) is 6.92 Å². The summed E-state index contributed by atoms with van der Waals surface area (Å²) in [5, 5.41) is 3.78. The number of nitrogens with one attached hydrogen (secondary N) is 2. The second kappa shape index (κ2) is 4.61. The van der Waals surface area contributed by atoms with Gasteiger partial charge in [-0.15, -0.1) is 0 Å². The summed E-state index contributed by atoms with van der Waals surface area (Å²) in [4.78, 5) is 17.9. The van der Waals surface area contributed by atoms with Gasteiger partial charge in [-0.2, -0.15) is 0 Å². The molecule has 82 valence electrons. The molecule has 2 aromatic heterocycles. The van der Waals surface area contributed by atoms with Crippen LogP contribution < -0.4 is 5.32 Å². The molecule has 0 saturated heterocycles. The minimum atomic E-state index is -0.0242. The third-order valence-electron chi connectivity index (χ3n) is 2.20. The van der Waals surface area contributed by atoms with Gasteiger partial charge in [0.2, 0.25) is 5.91 Å². The van der Waals surface area contributed by atoms with E-state index in [2.05, 4.69) is 15.3 Å². The van der Waals surface area contributed by atoms with Crippen LogP contribution in [0, 0.1) is 0 Å². The SMILES string of the molecule is CC(=O)NCC=Cc1cnc2[nH]ccc2c1. The maximum atomic E-state index is 10.6. The van der Waals surface area contributed by atoms with Crippen LogP contribution in [0.4, 0.5) is 0 Å². The number of hydrogen-bond donors (Lipinski definition) is 2. The topological polar surface area (TPSA) is 57.8 Å². The quantitative estimate of drug-likeness (QED) is 0.818. The Morgan fingerprint density at radius 2 is 2.50 bits per heavy atom. The normalized spacial score (nSPS) is 11.1. The smallest absolute Gasteiger partial charge is 0.217 e. The average molecular weight is 215 g/mol. The molecule has 2 rings (SSSR count). The number of rotatable bonds is 3. The average Bonchev–Trinajstić information content (AvgIpc) is 2.71. The van der Waals surface area contributed by atoms with Crippen LogP contribution in [0.15, 0.2) is 30.6 Å². The molecular weight excluding hydrogens is 202 g/mol. The van der Waals surface area contributed by atoms with Crippen LogP contribution in [-0.2, 0) is 4.79 Å². The highest BCUT2D eigenvalue weighted by atomic mass is 16.1. The van der Waals surface area contributed by atoms with Crippen LogP contribution in [0.2, 0.25) is 0 Å². The van der Waals surface area contributed by atoms with Gasteiger partial charge in [-0.05, 0) is 17.7 Å². The van der Waals surface area contributed by atoms with Crippen molar-refractivity contribution >= 4 is 23.0 Å². The van der Waals surface area contributed by atoms with Crippen molar-refractivity contribution in [1.29, 1.82) is 0 Å². The molecule has 4 heteroatoms. The zero-order valence-corrected chi connectivity index (χ0v) is 9.03. The first-order valence-corrected chi connectivity index (χ1v) is 5.10. The van der Waals surface area contributed by atoms with Gasteiger partial charge in [0.25, 0.3) is 0 Å². The highest BCUT2D eigenvalue weighted by Gasteiger charge is 1.95. The molecule has 0 bridgehead atoms. The zero-order chi connectivity index (χ0) is 11.4. The number of fused-ring (bicyclic) bond motifs is 1. The Morgan fingerprint density at radius 1 is 1.62 bits per heavy atom. The molecule has 0 atom stereocenters. The van der Waals surface area contributed by atoms with Gasteiger partial charge in [0.1, 0.15) is 5.65 Å². The lowest BCUT2D eigenvalue weighted by atomic mass is 10.2. The first-order valence-electron chi connectivity index (χ1n) is 5.10. The molecule has 1 amide bonds. The van der Waals surface area contributed by atoms with Crippen LogP contribution in [-0.4, -0.2) is 22.4 Å². The van der Waals surface area contributed by atoms with Crippen LogP contribution in [0.1, 0.15) is 12.5 Å². The molecule has 0 radical (unpaired) electrons. The number of aromatic amines is 1. The number of aromatic nitrogens is 2. The van der Waals surface area contributed by atoms with Crippen molar-refractivity contribution < 1.29 is 4.79 Å². The number of H-pyrrole nitrogens is 1. The van der Waals surface area contributed by atoms with E-state index in [1.165, 1.54) is 6.92 Å². The molecule has 0 aliphatic carbocycles. The van der Waals surface area contributed by atoms with Gasteiger partial charge in [-0.25, -0.2) is 4.98 Å². The number of pyridine rings is 1. The summed E-state index contributed by atoms with van der Waals surface area (Å²) in [5.74, 6) is -0.0242. The number of carbonyl (C=O) groups is 1. The van der Waals surface area contributed by atoms with Gasteiger partial charge in [0.05, 0.1) is 0 Å². The molecule has 0 aromatic carbocycles. The third-order valence-corrected chi connectivity index (χ3v) is 2.20. The van der Waals surface area contributed by atoms with Gasteiger partial charge in [0, 0.05) is 31.2 Å². The van der Waals surface area contributed by atoms with Gasteiger partial charge < -0.3 is 10.3 Å². The number of carbonyl (C=O) groups excluding carboxylic acids is 1. The maximum Gasteiger partial charge on any atom is 0.217 e. The van der Waals surface area contributed by atoms with Crippen LogP contribution >= 0.6 is 0 Å². The summed E-state index contributed by atoms with van der Waals surface area (Å²) < 4.78 is 0. The second-order valence-corrected chi connectivity index (χ2v) is 3.52.